The summed E-state index contributed by atoms with van der Waals surface area (Å²) in [6.45, 7) is 0. The molecule has 0 radical (unpaired) electrons. The molecule has 84 valence electrons. The van der Waals surface area contributed by atoms with Crippen molar-refractivity contribution in [2.75, 3.05) is 0 Å². The van der Waals surface area contributed by atoms with Gasteiger partial charge in [0.05, 0.1) is 5.71 Å². The zero-order chi connectivity index (χ0) is 11.4. The maximum Gasteiger partial charge on any atom is 0.310 e. The molecule has 7 heteroatoms. The Labute approximate surface area is 82.4 Å². The summed E-state index contributed by atoms with van der Waals surface area (Å²) in [5.41, 5.74) is 0.000694. The van der Waals surface area contributed by atoms with Gasteiger partial charge in [-0.05, 0) is 12.2 Å². The highest BCUT2D eigenvalue weighted by molar-refractivity contribution is 8.48. The molecule has 0 N–H and O–H groups in total. The predicted octanol–water partition coefficient (Wildman–Crippen LogP) is 4.32. The summed E-state index contributed by atoms with van der Waals surface area (Å²) in [7, 11) is -9.55. The van der Waals surface area contributed by atoms with Crippen LogP contribution in [-0.2, 0) is 0 Å². The minimum absolute atomic E-state index is 0.000694. The number of fused-ring (bicyclic) bond motifs is 1. The zero-order valence-electron chi connectivity index (χ0n) is 7.21. The van der Waals surface area contributed by atoms with Crippen molar-refractivity contribution in [2.24, 2.45) is 10.9 Å². The van der Waals surface area contributed by atoms with Crippen LogP contribution >= 0.6 is 10.2 Å². The van der Waals surface area contributed by atoms with Gasteiger partial charge < -0.3 is 0 Å². The number of nitrogens with zero attached hydrogens (tertiary/aromatic N) is 1. The van der Waals surface area contributed by atoms with Crippen LogP contribution in [0.3, 0.4) is 0 Å². The van der Waals surface area contributed by atoms with E-state index in [4.69, 9.17) is 0 Å². The molecule has 0 saturated carbocycles. The Morgan fingerprint density at radius 1 is 1.07 bits per heavy atom. The maximum atomic E-state index is 12.4. The van der Waals surface area contributed by atoms with Crippen LogP contribution in [0.15, 0.2) is 40.4 Å². The van der Waals surface area contributed by atoms with Gasteiger partial charge in [0.2, 0.25) is 0 Å². The fourth-order valence-corrected chi connectivity index (χ4v) is 2.01. The van der Waals surface area contributed by atoms with Crippen LogP contribution in [-0.4, -0.2) is 5.71 Å². The lowest BCUT2D eigenvalue weighted by molar-refractivity contribution is 0.380. The largest absolute Gasteiger partial charge is 0.310 e. The van der Waals surface area contributed by atoms with Gasteiger partial charge in [-0.3, -0.25) is 4.99 Å². The normalized spacial score (nSPS) is 29.0. The van der Waals surface area contributed by atoms with Gasteiger partial charge in [-0.1, -0.05) is 31.6 Å². The summed E-state index contributed by atoms with van der Waals surface area (Å²) in [5.74, 6) is -0.409. The lowest BCUT2D eigenvalue weighted by Gasteiger charge is -2.42. The van der Waals surface area contributed by atoms with Crippen LogP contribution in [0.4, 0.5) is 19.4 Å². The van der Waals surface area contributed by atoms with Crippen molar-refractivity contribution in [3.8, 4) is 0 Å². The number of hydrogen-bond donors (Lipinski definition) is 0. The first-order valence-electron chi connectivity index (χ1n) is 3.95. The van der Waals surface area contributed by atoms with E-state index >= 15 is 0 Å². The van der Waals surface area contributed by atoms with Crippen molar-refractivity contribution < 1.29 is 19.4 Å². The molecule has 1 heterocycles. The highest BCUT2D eigenvalue weighted by Crippen LogP contribution is 3.02. The second kappa shape index (κ2) is 2.18. The fourth-order valence-electron chi connectivity index (χ4n) is 1.34. The smallest absolute Gasteiger partial charge is 0.261 e. The molecule has 0 aromatic heterocycles. The van der Waals surface area contributed by atoms with Crippen LogP contribution in [0, 0.1) is 5.92 Å². The van der Waals surface area contributed by atoms with E-state index in [1.54, 1.807) is 0 Å². The van der Waals surface area contributed by atoms with Gasteiger partial charge in [-0.25, -0.2) is 0 Å². The van der Waals surface area contributed by atoms with Crippen molar-refractivity contribution in [3.05, 3.63) is 35.4 Å². The molecule has 1 nitrogen and oxygen atoms in total. The summed E-state index contributed by atoms with van der Waals surface area (Å²) in [6, 6.07) is 0. The topological polar surface area (TPSA) is 12.4 Å². The third-order valence-corrected chi connectivity index (χ3v) is 3.21. The first kappa shape index (κ1) is 10.4. The molecule has 1 aliphatic carbocycles. The van der Waals surface area contributed by atoms with Gasteiger partial charge in [0.25, 0.3) is 0 Å². The van der Waals surface area contributed by atoms with Gasteiger partial charge in [-0.15, -0.1) is 0 Å². The van der Waals surface area contributed by atoms with E-state index in [2.05, 4.69) is 4.99 Å². The second-order valence-electron chi connectivity index (χ2n) is 3.30. The molecular weight excluding hydrogens is 237 g/mol. The van der Waals surface area contributed by atoms with Gasteiger partial charge in [-0.2, -0.15) is 0 Å². The van der Waals surface area contributed by atoms with Gasteiger partial charge in [0.1, 0.15) is 4.91 Å². The van der Waals surface area contributed by atoms with E-state index in [1.165, 1.54) is 12.3 Å². The van der Waals surface area contributed by atoms with E-state index in [0.29, 0.717) is 12.2 Å². The number of allylic oxidation sites excluding steroid dienone is 4. The molecule has 0 saturated heterocycles. The SMILES string of the molecule is FS(F)(F)(F)(F)C1=CC2=NC=C[C@H]2C=C1. The molecule has 0 spiro atoms. The van der Waals surface area contributed by atoms with Crippen molar-refractivity contribution in [2.45, 2.75) is 0 Å². The van der Waals surface area contributed by atoms with E-state index < -0.39 is 21.0 Å². The average Bonchev–Trinajstić information content (AvgIpc) is 2.45. The van der Waals surface area contributed by atoms with Crippen LogP contribution in [0.25, 0.3) is 0 Å². The summed E-state index contributed by atoms with van der Waals surface area (Å²) in [5, 5.41) is 0. The Balaban J connectivity index is 2.49. The molecule has 0 bridgehead atoms. The average molecular weight is 243 g/mol. The molecule has 0 aromatic rings. The Morgan fingerprint density at radius 2 is 1.73 bits per heavy atom. The van der Waals surface area contributed by atoms with Gasteiger partial charge in [0, 0.05) is 12.1 Å². The predicted molar refractivity (Wildman–Crippen MR) is 50.4 cm³/mol. The molecule has 0 amide bonds. The summed E-state index contributed by atoms with van der Waals surface area (Å²) < 4.78 is 61.8. The molecule has 15 heavy (non-hydrogen) atoms. The van der Waals surface area contributed by atoms with Crippen LogP contribution in [0.5, 0.6) is 0 Å². The van der Waals surface area contributed by atoms with Gasteiger partial charge >= 0.3 is 10.2 Å². The van der Waals surface area contributed by atoms with E-state index in [9.17, 15) is 19.4 Å². The van der Waals surface area contributed by atoms with Crippen LogP contribution in [0.1, 0.15) is 0 Å². The highest BCUT2D eigenvalue weighted by atomic mass is 32.5. The Morgan fingerprint density at radius 3 is 2.33 bits per heavy atom. The van der Waals surface area contributed by atoms with Crippen molar-refractivity contribution in [3.63, 3.8) is 0 Å². The lowest BCUT2D eigenvalue weighted by atomic mass is 10.0. The number of hydrogen-bond acceptors (Lipinski definition) is 1. The van der Waals surface area contributed by atoms with Crippen LogP contribution in [0.2, 0.25) is 0 Å². The molecule has 2 rings (SSSR count). The maximum absolute atomic E-state index is 12.4. The van der Waals surface area contributed by atoms with Crippen molar-refractivity contribution >= 4 is 15.9 Å². The molecule has 2 aliphatic rings. The standard InChI is InChI=1S/C8H6F5NS/c9-15(10,11,12,13)7-2-1-6-3-4-14-8(6)5-7/h1-6H/t6-/m1/s1. The van der Waals surface area contributed by atoms with Gasteiger partial charge in [0.15, 0.2) is 0 Å². The number of rotatable bonds is 1. The summed E-state index contributed by atoms with van der Waals surface area (Å²) in [6.07, 6.45) is 4.72. The Bertz CT molecular complexity index is 439. The van der Waals surface area contributed by atoms with Crippen molar-refractivity contribution in [1.82, 2.24) is 0 Å². The van der Waals surface area contributed by atoms with E-state index in [0.717, 1.165) is 6.08 Å². The van der Waals surface area contributed by atoms with Crippen LogP contribution < -0.4 is 0 Å². The monoisotopic (exact) mass is 243 g/mol. The molecule has 1 aliphatic heterocycles. The fraction of sp³-hybridized carbons (Fsp3) is 0.125. The quantitative estimate of drug-likeness (QED) is 0.608. The lowest BCUT2D eigenvalue weighted by Crippen LogP contribution is -2.15. The number of aliphatic imine (C=N–C) groups is 1. The molecule has 0 unspecified atom stereocenters. The number of halogens is 5. The minimum Gasteiger partial charge on any atom is -0.261 e. The minimum atomic E-state index is -9.55. The first-order chi connectivity index (χ1) is 6.56. The molecule has 0 aromatic carbocycles. The Hall–Kier alpha value is -1.11. The van der Waals surface area contributed by atoms with E-state index in [-0.39, 0.29) is 5.71 Å². The molecule has 1 atom stereocenters. The Kier molecular flexibility index (Phi) is 1.52. The third kappa shape index (κ3) is 1.97. The highest BCUT2D eigenvalue weighted by Gasteiger charge is 2.66. The molecular formula is C8H6F5NS. The summed E-state index contributed by atoms with van der Waals surface area (Å²) in [4.78, 5) is 1.70. The summed E-state index contributed by atoms with van der Waals surface area (Å²) >= 11 is 0. The second-order valence-corrected chi connectivity index (χ2v) is 5.71. The van der Waals surface area contributed by atoms with Crippen molar-refractivity contribution in [1.29, 1.82) is 0 Å². The third-order valence-electron chi connectivity index (χ3n) is 2.06. The zero-order valence-corrected chi connectivity index (χ0v) is 8.03. The van der Waals surface area contributed by atoms with E-state index in [1.807, 2.05) is 0 Å². The first-order valence-corrected chi connectivity index (χ1v) is 5.90. The molecule has 0 fully saturated rings.